The molecule has 4 heteroatoms. The second-order valence-electron chi connectivity index (χ2n) is 3.72. The lowest BCUT2D eigenvalue weighted by atomic mass is 10.2. The van der Waals surface area contributed by atoms with E-state index in [9.17, 15) is 9.59 Å². The number of carbonyl (C=O) groups excluding carboxylic acids is 1. The van der Waals surface area contributed by atoms with Gasteiger partial charge in [0.1, 0.15) is 0 Å². The summed E-state index contributed by atoms with van der Waals surface area (Å²) < 4.78 is 4.98. The SMILES string of the molecule is CCOC(=O)c1c(C)[nH]c2c(=O)ccccc12. The van der Waals surface area contributed by atoms with Crippen molar-refractivity contribution in [1.29, 1.82) is 0 Å². The fourth-order valence-electron chi connectivity index (χ4n) is 1.85. The fourth-order valence-corrected chi connectivity index (χ4v) is 1.85. The zero-order valence-electron chi connectivity index (χ0n) is 9.74. The van der Waals surface area contributed by atoms with Crippen LogP contribution in [-0.2, 0) is 4.74 Å². The number of H-pyrrole nitrogens is 1. The van der Waals surface area contributed by atoms with Gasteiger partial charge in [0.05, 0.1) is 17.7 Å². The molecule has 0 aliphatic rings. The monoisotopic (exact) mass is 231 g/mol. The number of esters is 1. The molecule has 1 N–H and O–H groups in total. The largest absolute Gasteiger partial charge is 0.462 e. The van der Waals surface area contributed by atoms with Crippen molar-refractivity contribution in [3.8, 4) is 0 Å². The van der Waals surface area contributed by atoms with Crippen LogP contribution in [0.4, 0.5) is 0 Å². The minimum atomic E-state index is -0.401. The number of aryl methyl sites for hydroxylation is 1. The number of nitrogens with one attached hydrogen (secondary N) is 1. The fraction of sp³-hybridized carbons (Fsp3) is 0.231. The quantitative estimate of drug-likeness (QED) is 0.804. The van der Waals surface area contributed by atoms with E-state index in [2.05, 4.69) is 4.98 Å². The van der Waals surface area contributed by atoms with Crippen molar-refractivity contribution in [3.63, 3.8) is 0 Å². The molecule has 1 heterocycles. The van der Waals surface area contributed by atoms with Gasteiger partial charge in [0.25, 0.3) is 0 Å². The first-order valence-electron chi connectivity index (χ1n) is 5.44. The van der Waals surface area contributed by atoms with Crippen molar-refractivity contribution >= 4 is 16.9 Å². The van der Waals surface area contributed by atoms with Crippen LogP contribution in [0.3, 0.4) is 0 Å². The highest BCUT2D eigenvalue weighted by Gasteiger charge is 2.17. The van der Waals surface area contributed by atoms with Crippen LogP contribution in [0, 0.1) is 6.92 Å². The number of fused-ring (bicyclic) bond motifs is 1. The third kappa shape index (κ3) is 1.93. The van der Waals surface area contributed by atoms with Gasteiger partial charge in [0, 0.05) is 11.1 Å². The normalized spacial score (nSPS) is 10.5. The van der Waals surface area contributed by atoms with Gasteiger partial charge in [-0.2, -0.15) is 0 Å². The summed E-state index contributed by atoms with van der Waals surface area (Å²) in [6, 6.07) is 6.60. The van der Waals surface area contributed by atoms with E-state index in [1.165, 1.54) is 6.07 Å². The highest BCUT2D eigenvalue weighted by Crippen LogP contribution is 2.19. The summed E-state index contributed by atoms with van der Waals surface area (Å²) in [6.07, 6.45) is 0. The molecular formula is C13H13NO3. The van der Waals surface area contributed by atoms with E-state index in [1.54, 1.807) is 32.0 Å². The molecule has 2 rings (SSSR count). The Labute approximate surface area is 98.2 Å². The van der Waals surface area contributed by atoms with Gasteiger partial charge < -0.3 is 9.72 Å². The van der Waals surface area contributed by atoms with Gasteiger partial charge >= 0.3 is 5.97 Å². The van der Waals surface area contributed by atoms with Crippen LogP contribution in [-0.4, -0.2) is 17.6 Å². The number of aromatic amines is 1. The van der Waals surface area contributed by atoms with Crippen molar-refractivity contribution in [2.45, 2.75) is 13.8 Å². The Balaban J connectivity index is 2.77. The lowest BCUT2D eigenvalue weighted by Gasteiger charge is -2.00. The van der Waals surface area contributed by atoms with Crippen LogP contribution in [0.5, 0.6) is 0 Å². The molecule has 0 radical (unpaired) electrons. The first-order chi connectivity index (χ1) is 8.15. The summed E-state index contributed by atoms with van der Waals surface area (Å²) in [5, 5.41) is 0.607. The minimum absolute atomic E-state index is 0.136. The Morgan fingerprint density at radius 1 is 1.35 bits per heavy atom. The van der Waals surface area contributed by atoms with Gasteiger partial charge in [-0.05, 0) is 19.9 Å². The molecule has 2 aromatic rings. The maximum absolute atomic E-state index is 11.8. The smallest absolute Gasteiger partial charge is 0.340 e. The summed E-state index contributed by atoms with van der Waals surface area (Å²) in [5.74, 6) is -0.401. The third-order valence-corrected chi connectivity index (χ3v) is 2.57. The van der Waals surface area contributed by atoms with Crippen LogP contribution in [0.15, 0.2) is 29.1 Å². The van der Waals surface area contributed by atoms with Crippen molar-refractivity contribution in [2.24, 2.45) is 0 Å². The predicted molar refractivity (Wildman–Crippen MR) is 65.3 cm³/mol. The number of hydrogen-bond acceptors (Lipinski definition) is 3. The van der Waals surface area contributed by atoms with Crippen LogP contribution in [0.1, 0.15) is 23.0 Å². The average Bonchev–Trinajstić information content (AvgIpc) is 2.52. The molecule has 0 unspecified atom stereocenters. The Bertz CT molecular complexity index is 628. The lowest BCUT2D eigenvalue weighted by Crippen LogP contribution is -2.05. The molecule has 0 bridgehead atoms. The summed E-state index contributed by atoms with van der Waals surface area (Å²) >= 11 is 0. The molecular weight excluding hydrogens is 218 g/mol. The topological polar surface area (TPSA) is 59.2 Å². The highest BCUT2D eigenvalue weighted by molar-refractivity contribution is 6.05. The van der Waals surface area contributed by atoms with Gasteiger partial charge in [-0.1, -0.05) is 18.2 Å². The zero-order valence-corrected chi connectivity index (χ0v) is 9.74. The van der Waals surface area contributed by atoms with E-state index in [0.717, 1.165) is 0 Å². The minimum Gasteiger partial charge on any atom is -0.462 e. The van der Waals surface area contributed by atoms with E-state index >= 15 is 0 Å². The van der Waals surface area contributed by atoms with Crippen molar-refractivity contribution in [2.75, 3.05) is 6.61 Å². The van der Waals surface area contributed by atoms with Gasteiger partial charge in [0.15, 0.2) is 0 Å². The van der Waals surface area contributed by atoms with Crippen LogP contribution < -0.4 is 5.43 Å². The third-order valence-electron chi connectivity index (χ3n) is 2.57. The number of aromatic nitrogens is 1. The van der Waals surface area contributed by atoms with E-state index in [1.807, 2.05) is 0 Å². The Morgan fingerprint density at radius 2 is 2.06 bits per heavy atom. The van der Waals surface area contributed by atoms with Crippen molar-refractivity contribution < 1.29 is 9.53 Å². The first kappa shape index (κ1) is 11.4. The van der Waals surface area contributed by atoms with Crippen LogP contribution in [0.25, 0.3) is 10.9 Å². The summed E-state index contributed by atoms with van der Waals surface area (Å²) in [4.78, 5) is 26.5. The molecule has 0 saturated carbocycles. The Morgan fingerprint density at radius 3 is 2.76 bits per heavy atom. The van der Waals surface area contributed by atoms with Gasteiger partial charge in [-0.15, -0.1) is 0 Å². The molecule has 0 saturated heterocycles. The average molecular weight is 231 g/mol. The Hall–Kier alpha value is -2.10. The Kier molecular flexibility index (Phi) is 2.95. The molecule has 88 valence electrons. The van der Waals surface area contributed by atoms with E-state index in [-0.39, 0.29) is 5.43 Å². The van der Waals surface area contributed by atoms with Gasteiger partial charge in [-0.3, -0.25) is 4.79 Å². The van der Waals surface area contributed by atoms with Crippen LogP contribution in [0.2, 0.25) is 0 Å². The summed E-state index contributed by atoms with van der Waals surface area (Å²) in [6.45, 7) is 3.82. The summed E-state index contributed by atoms with van der Waals surface area (Å²) in [5.41, 5.74) is 1.40. The maximum Gasteiger partial charge on any atom is 0.340 e. The number of ether oxygens (including phenoxy) is 1. The van der Waals surface area contributed by atoms with Crippen molar-refractivity contribution in [1.82, 2.24) is 4.98 Å². The number of carbonyl (C=O) groups is 1. The molecule has 0 spiro atoms. The van der Waals surface area contributed by atoms with E-state index in [0.29, 0.717) is 28.8 Å². The number of rotatable bonds is 2. The van der Waals surface area contributed by atoms with Gasteiger partial charge in [-0.25, -0.2) is 4.79 Å². The standard InChI is InChI=1S/C13H13NO3/c1-3-17-13(16)11-8(2)14-12-9(11)6-4-5-7-10(12)15/h4-7,14H,3H2,1-2H3. The van der Waals surface area contributed by atoms with Crippen molar-refractivity contribution in [3.05, 3.63) is 45.7 Å². The predicted octanol–water partition coefficient (Wildman–Crippen LogP) is 2.01. The highest BCUT2D eigenvalue weighted by atomic mass is 16.5. The molecule has 0 fully saturated rings. The maximum atomic E-state index is 11.8. The zero-order chi connectivity index (χ0) is 12.4. The molecule has 4 nitrogen and oxygen atoms in total. The molecule has 0 aliphatic heterocycles. The van der Waals surface area contributed by atoms with E-state index in [4.69, 9.17) is 4.74 Å². The molecule has 0 aliphatic carbocycles. The molecule has 0 atom stereocenters. The van der Waals surface area contributed by atoms with Gasteiger partial charge in [0.2, 0.25) is 5.43 Å². The first-order valence-corrected chi connectivity index (χ1v) is 5.44. The van der Waals surface area contributed by atoms with E-state index < -0.39 is 5.97 Å². The molecule has 0 amide bonds. The lowest BCUT2D eigenvalue weighted by molar-refractivity contribution is 0.0528. The molecule has 17 heavy (non-hydrogen) atoms. The number of hydrogen-bond donors (Lipinski definition) is 1. The molecule has 1 aromatic heterocycles. The summed E-state index contributed by atoms with van der Waals surface area (Å²) in [7, 11) is 0. The van der Waals surface area contributed by atoms with Crippen LogP contribution >= 0.6 is 0 Å². The second-order valence-corrected chi connectivity index (χ2v) is 3.72. The molecule has 1 aromatic carbocycles. The second kappa shape index (κ2) is 4.41.